The molecule has 0 heterocycles. The molecule has 2 rings (SSSR count). The summed E-state index contributed by atoms with van der Waals surface area (Å²) in [4.78, 5) is 0. The van der Waals surface area contributed by atoms with Crippen molar-refractivity contribution in [2.45, 2.75) is 13.8 Å². The van der Waals surface area contributed by atoms with Crippen molar-refractivity contribution < 1.29 is 14.2 Å². The second kappa shape index (κ2) is 7.00. The molecule has 0 fully saturated rings. The van der Waals surface area contributed by atoms with Crippen molar-refractivity contribution in [1.29, 1.82) is 0 Å². The molecule has 3 radical (unpaired) electrons. The van der Waals surface area contributed by atoms with E-state index in [-0.39, 0.29) is 0 Å². The molecular weight excluding hydrogens is 268 g/mol. The Balaban J connectivity index is 2.38. The van der Waals surface area contributed by atoms with Crippen LogP contribution in [-0.2, 0) is 0 Å². The van der Waals surface area contributed by atoms with Crippen LogP contribution < -0.4 is 19.4 Å². The van der Waals surface area contributed by atoms with Gasteiger partial charge in [0.25, 0.3) is 0 Å². The van der Waals surface area contributed by atoms with Crippen LogP contribution in [0.4, 0.5) is 0 Å². The van der Waals surface area contributed by atoms with Crippen molar-refractivity contribution in [1.82, 2.24) is 0 Å². The third-order valence-electron chi connectivity index (χ3n) is 2.62. The fourth-order valence-corrected chi connectivity index (χ4v) is 2.08. The minimum absolute atomic E-state index is 0.543. The molecule has 0 aliphatic rings. The van der Waals surface area contributed by atoms with Gasteiger partial charge in [0.2, 0.25) is 5.75 Å². The molecule has 0 saturated heterocycles. The predicted molar refractivity (Wildman–Crippen MR) is 80.7 cm³/mol. The lowest BCUT2D eigenvalue weighted by molar-refractivity contribution is 0.279. The van der Waals surface area contributed by atoms with E-state index >= 15 is 0 Å². The second-order valence-corrected chi connectivity index (χ2v) is 4.59. The number of ether oxygens (including phenoxy) is 3. The van der Waals surface area contributed by atoms with E-state index in [0.29, 0.717) is 30.5 Å². The molecule has 4 heteroatoms. The van der Waals surface area contributed by atoms with E-state index in [1.54, 1.807) is 0 Å². The maximum absolute atomic E-state index is 5.88. The van der Waals surface area contributed by atoms with Crippen LogP contribution in [0.2, 0.25) is 0 Å². The molecule has 2 aromatic rings. The maximum Gasteiger partial charge on any atom is 0.204 e. The highest BCUT2D eigenvalue weighted by molar-refractivity contribution is 6.34. The van der Waals surface area contributed by atoms with Crippen LogP contribution in [0, 0.1) is 0 Å². The van der Waals surface area contributed by atoms with Crippen molar-refractivity contribution >= 4 is 15.4 Å². The summed E-state index contributed by atoms with van der Waals surface area (Å²) >= 11 is 0. The number of para-hydroxylation sites is 1. The normalized spacial score (nSPS) is 10.2. The van der Waals surface area contributed by atoms with Crippen LogP contribution >= 0.6 is 0 Å². The van der Waals surface area contributed by atoms with E-state index < -0.39 is 0 Å². The lowest BCUT2D eigenvalue weighted by Crippen LogP contribution is -2.12. The first-order valence-electron chi connectivity index (χ1n) is 6.63. The number of benzene rings is 2. The molecule has 0 bridgehead atoms. The van der Waals surface area contributed by atoms with E-state index in [4.69, 9.17) is 14.2 Å². The van der Waals surface area contributed by atoms with Crippen LogP contribution in [-0.4, -0.2) is 23.5 Å². The molecular formula is C16H17O3Si. The summed E-state index contributed by atoms with van der Waals surface area (Å²) in [5, 5.41) is 0.843. The van der Waals surface area contributed by atoms with Crippen molar-refractivity contribution in [3.63, 3.8) is 0 Å². The van der Waals surface area contributed by atoms with Crippen LogP contribution in [0.1, 0.15) is 13.8 Å². The number of rotatable bonds is 6. The Labute approximate surface area is 122 Å². The first kappa shape index (κ1) is 14.5. The molecule has 0 unspecified atom stereocenters. The Morgan fingerprint density at radius 2 is 1.50 bits per heavy atom. The molecule has 0 saturated carbocycles. The number of hydrogen-bond acceptors (Lipinski definition) is 3. The summed E-state index contributed by atoms with van der Waals surface area (Å²) in [6.45, 7) is 4.97. The molecule has 0 N–H and O–H groups in total. The third-order valence-corrected chi connectivity index (χ3v) is 3.02. The molecule has 2 aromatic carbocycles. The fraction of sp³-hybridized carbons (Fsp3) is 0.250. The van der Waals surface area contributed by atoms with Crippen molar-refractivity contribution in [3.8, 4) is 23.0 Å². The second-order valence-electron chi connectivity index (χ2n) is 4.05. The minimum Gasteiger partial charge on any atom is -0.490 e. The minimum atomic E-state index is 0.543. The quantitative estimate of drug-likeness (QED) is 0.763. The van der Waals surface area contributed by atoms with Crippen LogP contribution in [0.15, 0.2) is 42.5 Å². The largest absolute Gasteiger partial charge is 0.490 e. The monoisotopic (exact) mass is 285 g/mol. The zero-order valence-electron chi connectivity index (χ0n) is 11.7. The van der Waals surface area contributed by atoms with Gasteiger partial charge in [-0.15, -0.1) is 0 Å². The van der Waals surface area contributed by atoms with Gasteiger partial charge in [0.1, 0.15) is 5.75 Å². The Morgan fingerprint density at radius 3 is 2.15 bits per heavy atom. The topological polar surface area (TPSA) is 27.7 Å². The summed E-state index contributed by atoms with van der Waals surface area (Å²) < 4.78 is 17.2. The molecule has 0 spiro atoms. The highest BCUT2D eigenvalue weighted by Crippen LogP contribution is 2.38. The summed E-state index contributed by atoms with van der Waals surface area (Å²) in [6, 6.07) is 13.4. The Hall–Kier alpha value is -1.94. The molecule has 0 atom stereocenters. The number of hydrogen-bond donors (Lipinski definition) is 0. The zero-order chi connectivity index (χ0) is 14.4. The molecule has 103 valence electrons. The predicted octanol–water partition coefficient (Wildman–Crippen LogP) is 3.07. The lowest BCUT2D eigenvalue weighted by atomic mass is 10.2. The zero-order valence-corrected chi connectivity index (χ0v) is 12.7. The maximum atomic E-state index is 5.88. The first-order valence-corrected chi connectivity index (χ1v) is 7.13. The van der Waals surface area contributed by atoms with Crippen LogP contribution in [0.25, 0.3) is 0 Å². The van der Waals surface area contributed by atoms with Gasteiger partial charge in [-0.1, -0.05) is 24.3 Å². The lowest BCUT2D eigenvalue weighted by Gasteiger charge is -2.17. The van der Waals surface area contributed by atoms with Gasteiger partial charge in [0.15, 0.2) is 11.5 Å². The summed E-state index contributed by atoms with van der Waals surface area (Å²) in [6.07, 6.45) is 0. The highest BCUT2D eigenvalue weighted by atomic mass is 28.1. The summed E-state index contributed by atoms with van der Waals surface area (Å²) in [5.41, 5.74) is 0. The Morgan fingerprint density at radius 1 is 0.850 bits per heavy atom. The highest BCUT2D eigenvalue weighted by Gasteiger charge is 2.15. The molecule has 0 amide bonds. The standard InChI is InChI=1S/C16H17O3Si/c1-3-17-15-13(19-12-8-6-5-7-9-12)10-11-14(20)16(15)18-4-2/h5-11H,3-4H2,1-2H3. The average Bonchev–Trinajstić information content (AvgIpc) is 2.47. The van der Waals surface area contributed by atoms with Gasteiger partial charge in [-0.2, -0.15) is 0 Å². The average molecular weight is 285 g/mol. The molecule has 0 aliphatic heterocycles. The van der Waals surface area contributed by atoms with Gasteiger partial charge in [-0.25, -0.2) is 0 Å². The van der Waals surface area contributed by atoms with Gasteiger partial charge < -0.3 is 14.2 Å². The van der Waals surface area contributed by atoms with E-state index in [1.165, 1.54) is 0 Å². The molecule has 0 aliphatic carbocycles. The first-order chi connectivity index (χ1) is 9.76. The molecule has 20 heavy (non-hydrogen) atoms. The van der Waals surface area contributed by atoms with Crippen LogP contribution in [0.3, 0.4) is 0 Å². The Kier molecular flexibility index (Phi) is 5.07. The van der Waals surface area contributed by atoms with Crippen LogP contribution in [0.5, 0.6) is 23.0 Å². The smallest absolute Gasteiger partial charge is 0.204 e. The summed E-state index contributed by atoms with van der Waals surface area (Å²) in [7, 11) is 3.53. The van der Waals surface area contributed by atoms with E-state index in [0.717, 1.165) is 10.9 Å². The van der Waals surface area contributed by atoms with E-state index in [2.05, 4.69) is 10.2 Å². The SMILES string of the molecule is CCOc1c([Si])ccc(Oc2ccccc2)c1OCC. The molecule has 0 aromatic heterocycles. The van der Waals surface area contributed by atoms with Crippen molar-refractivity contribution in [2.24, 2.45) is 0 Å². The Bertz CT molecular complexity index is 555. The van der Waals surface area contributed by atoms with Gasteiger partial charge in [-0.05, 0) is 37.2 Å². The van der Waals surface area contributed by atoms with E-state index in [9.17, 15) is 0 Å². The third kappa shape index (κ3) is 3.33. The van der Waals surface area contributed by atoms with Gasteiger partial charge in [-0.3, -0.25) is 0 Å². The van der Waals surface area contributed by atoms with E-state index in [1.807, 2.05) is 56.3 Å². The fourth-order valence-electron chi connectivity index (χ4n) is 1.81. The van der Waals surface area contributed by atoms with Gasteiger partial charge in [0, 0.05) is 0 Å². The van der Waals surface area contributed by atoms with Gasteiger partial charge >= 0.3 is 0 Å². The molecule has 3 nitrogen and oxygen atoms in total. The summed E-state index contributed by atoms with van der Waals surface area (Å²) in [5.74, 6) is 2.69. The van der Waals surface area contributed by atoms with Gasteiger partial charge in [0.05, 0.1) is 23.5 Å². The van der Waals surface area contributed by atoms with Crippen molar-refractivity contribution in [3.05, 3.63) is 42.5 Å². The van der Waals surface area contributed by atoms with Crippen molar-refractivity contribution in [2.75, 3.05) is 13.2 Å².